The number of hydrogen-bond donors (Lipinski definition) is 1. The number of sulfonamides is 1. The Hall–Kier alpha value is -3.28. The first-order valence-electron chi connectivity index (χ1n) is 10.4. The molecule has 2 aromatic carbocycles. The molecule has 1 saturated heterocycles. The van der Waals surface area contributed by atoms with E-state index in [0.29, 0.717) is 12.1 Å². The lowest BCUT2D eigenvalue weighted by Gasteiger charge is -2.36. The molecule has 2 heterocycles. The fraction of sp³-hybridized carbons (Fsp3) is 0.250. The van der Waals surface area contributed by atoms with Crippen LogP contribution in [0.15, 0.2) is 71.6 Å². The van der Waals surface area contributed by atoms with Gasteiger partial charge in [0.1, 0.15) is 5.82 Å². The number of likely N-dealkylation sites (tertiary alicyclic amines) is 1. The van der Waals surface area contributed by atoms with Gasteiger partial charge in [-0.25, -0.2) is 13.4 Å². The first kappa shape index (κ1) is 21.9. The zero-order chi connectivity index (χ0) is 22.6. The largest absolute Gasteiger partial charge is 0.292 e. The van der Waals surface area contributed by atoms with Crippen LogP contribution in [-0.2, 0) is 16.6 Å². The standard InChI is InChI=1S/C24H23FN4O2S/c25-23-10-6-11-24(27-23)28-32(30,31)21-13-12-19(20(15-21)16-26)17-29-14-5-4-9-22(29)18-7-2-1-3-8-18/h1-3,6-8,10-13,15,22H,4-5,9,14,17H2,(H,27,28)/t22-/m1/s1. The van der Waals surface area contributed by atoms with Gasteiger partial charge in [-0.15, -0.1) is 0 Å². The molecular weight excluding hydrogens is 427 g/mol. The third-order valence-electron chi connectivity index (χ3n) is 5.64. The Bertz CT molecular complexity index is 1240. The van der Waals surface area contributed by atoms with Crippen molar-refractivity contribution in [2.45, 2.75) is 36.7 Å². The van der Waals surface area contributed by atoms with Gasteiger partial charge in [0.25, 0.3) is 10.0 Å². The maximum atomic E-state index is 13.3. The van der Waals surface area contributed by atoms with Gasteiger partial charge in [0.2, 0.25) is 5.95 Å². The Morgan fingerprint density at radius 1 is 1.09 bits per heavy atom. The second kappa shape index (κ2) is 9.47. The minimum atomic E-state index is -4.01. The van der Waals surface area contributed by atoms with Gasteiger partial charge in [-0.1, -0.05) is 48.9 Å². The first-order valence-corrected chi connectivity index (χ1v) is 11.9. The van der Waals surface area contributed by atoms with Crippen molar-refractivity contribution in [2.24, 2.45) is 0 Å². The minimum absolute atomic E-state index is 0.0675. The molecule has 1 aliphatic heterocycles. The lowest BCUT2D eigenvalue weighted by molar-refractivity contribution is 0.140. The molecule has 0 aliphatic carbocycles. The van der Waals surface area contributed by atoms with Gasteiger partial charge in [0, 0.05) is 12.6 Å². The van der Waals surface area contributed by atoms with E-state index in [1.807, 2.05) is 18.2 Å². The highest BCUT2D eigenvalue weighted by Crippen LogP contribution is 2.32. The number of benzene rings is 2. The van der Waals surface area contributed by atoms with E-state index in [0.717, 1.165) is 37.4 Å². The van der Waals surface area contributed by atoms with E-state index in [1.165, 1.54) is 29.8 Å². The average molecular weight is 451 g/mol. The SMILES string of the molecule is N#Cc1cc(S(=O)(=O)Nc2cccc(F)n2)ccc1CN1CCCC[C@@H]1c1ccccc1. The summed E-state index contributed by atoms with van der Waals surface area (Å²) in [5.41, 5.74) is 2.33. The molecule has 0 bridgehead atoms. The van der Waals surface area contributed by atoms with Crippen molar-refractivity contribution in [3.8, 4) is 6.07 Å². The van der Waals surface area contributed by atoms with E-state index in [4.69, 9.17) is 0 Å². The number of nitrogens with one attached hydrogen (secondary N) is 1. The zero-order valence-electron chi connectivity index (χ0n) is 17.4. The number of anilines is 1. The fourth-order valence-corrected chi connectivity index (χ4v) is 5.11. The molecule has 1 N–H and O–H groups in total. The summed E-state index contributed by atoms with van der Waals surface area (Å²) in [7, 11) is -4.01. The molecule has 8 heteroatoms. The zero-order valence-corrected chi connectivity index (χ0v) is 18.2. The number of halogens is 1. The molecule has 0 spiro atoms. The summed E-state index contributed by atoms with van der Waals surface area (Å²) in [5, 5.41) is 9.70. The number of hydrogen-bond acceptors (Lipinski definition) is 5. The molecule has 4 rings (SSSR count). The number of piperidine rings is 1. The van der Waals surface area contributed by atoms with E-state index in [1.54, 1.807) is 6.07 Å². The van der Waals surface area contributed by atoms with Crippen molar-refractivity contribution in [1.29, 1.82) is 5.26 Å². The van der Waals surface area contributed by atoms with Gasteiger partial charge in [0.05, 0.1) is 16.5 Å². The summed E-state index contributed by atoms with van der Waals surface area (Å²) in [4.78, 5) is 5.81. The Kier molecular flexibility index (Phi) is 6.49. The quantitative estimate of drug-likeness (QED) is 0.554. The van der Waals surface area contributed by atoms with Crippen molar-refractivity contribution in [1.82, 2.24) is 9.88 Å². The number of nitriles is 1. The predicted molar refractivity (Wildman–Crippen MR) is 120 cm³/mol. The molecule has 32 heavy (non-hydrogen) atoms. The predicted octanol–water partition coefficient (Wildman–Crippen LogP) is 4.62. The smallest absolute Gasteiger partial charge is 0.263 e. The maximum absolute atomic E-state index is 13.3. The van der Waals surface area contributed by atoms with Crippen molar-refractivity contribution in [3.63, 3.8) is 0 Å². The summed E-state index contributed by atoms with van der Waals surface area (Å²) in [6.07, 6.45) is 3.28. The highest BCUT2D eigenvalue weighted by Gasteiger charge is 2.25. The molecule has 0 amide bonds. The van der Waals surface area contributed by atoms with Gasteiger partial charge in [0.15, 0.2) is 0 Å². The van der Waals surface area contributed by atoms with Crippen molar-refractivity contribution in [3.05, 3.63) is 89.4 Å². The van der Waals surface area contributed by atoms with Gasteiger partial charge >= 0.3 is 0 Å². The summed E-state index contributed by atoms with van der Waals surface area (Å²) in [6.45, 7) is 1.47. The van der Waals surface area contributed by atoms with Gasteiger partial charge < -0.3 is 0 Å². The molecule has 164 valence electrons. The molecule has 3 aromatic rings. The second-order valence-corrected chi connectivity index (χ2v) is 9.46. The molecular formula is C24H23FN4O2S. The van der Waals surface area contributed by atoms with Crippen LogP contribution in [0.1, 0.15) is 42.0 Å². The molecule has 0 saturated carbocycles. The summed E-state index contributed by atoms with van der Waals surface area (Å²) < 4.78 is 41.0. The monoisotopic (exact) mass is 450 g/mol. The van der Waals surface area contributed by atoms with Crippen LogP contribution >= 0.6 is 0 Å². The third-order valence-corrected chi connectivity index (χ3v) is 6.99. The normalized spacial score (nSPS) is 16.9. The highest BCUT2D eigenvalue weighted by molar-refractivity contribution is 7.92. The Morgan fingerprint density at radius 2 is 1.91 bits per heavy atom. The van der Waals surface area contributed by atoms with E-state index < -0.39 is 16.0 Å². The van der Waals surface area contributed by atoms with E-state index in [2.05, 4.69) is 32.8 Å². The molecule has 1 atom stereocenters. The van der Waals surface area contributed by atoms with Crippen LogP contribution in [-0.4, -0.2) is 24.8 Å². The van der Waals surface area contributed by atoms with Gasteiger partial charge in [-0.05, 0) is 54.8 Å². The highest BCUT2D eigenvalue weighted by atomic mass is 32.2. The maximum Gasteiger partial charge on any atom is 0.263 e. The van der Waals surface area contributed by atoms with Crippen LogP contribution in [0.25, 0.3) is 0 Å². The van der Waals surface area contributed by atoms with Crippen molar-refractivity contribution >= 4 is 15.8 Å². The molecule has 1 aromatic heterocycles. The van der Waals surface area contributed by atoms with Crippen LogP contribution in [0.3, 0.4) is 0 Å². The number of nitrogens with zero attached hydrogens (tertiary/aromatic N) is 3. The van der Waals surface area contributed by atoms with Crippen LogP contribution in [0.5, 0.6) is 0 Å². The fourth-order valence-electron chi connectivity index (χ4n) is 4.08. The summed E-state index contributed by atoms with van der Waals surface area (Å²) in [5.74, 6) is -0.903. The lowest BCUT2D eigenvalue weighted by atomic mass is 9.94. The van der Waals surface area contributed by atoms with Crippen molar-refractivity contribution < 1.29 is 12.8 Å². The Labute approximate surface area is 187 Å². The van der Waals surface area contributed by atoms with Crippen LogP contribution < -0.4 is 4.72 Å². The van der Waals surface area contributed by atoms with Crippen LogP contribution in [0, 0.1) is 17.3 Å². The van der Waals surface area contributed by atoms with E-state index >= 15 is 0 Å². The third kappa shape index (κ3) is 4.96. The topological polar surface area (TPSA) is 86.1 Å². The number of aromatic nitrogens is 1. The van der Waals surface area contributed by atoms with E-state index in [9.17, 15) is 18.1 Å². The second-order valence-electron chi connectivity index (χ2n) is 7.77. The van der Waals surface area contributed by atoms with Gasteiger partial charge in [-0.3, -0.25) is 9.62 Å². The Morgan fingerprint density at radius 3 is 2.66 bits per heavy atom. The van der Waals surface area contributed by atoms with Crippen LogP contribution in [0.4, 0.5) is 10.2 Å². The molecule has 0 radical (unpaired) electrons. The van der Waals surface area contributed by atoms with Gasteiger partial charge in [-0.2, -0.15) is 9.65 Å². The molecule has 6 nitrogen and oxygen atoms in total. The van der Waals surface area contributed by atoms with Crippen molar-refractivity contribution in [2.75, 3.05) is 11.3 Å². The summed E-state index contributed by atoms with van der Waals surface area (Å²) >= 11 is 0. The van der Waals surface area contributed by atoms with E-state index in [-0.39, 0.29) is 16.8 Å². The first-order chi connectivity index (χ1) is 15.5. The number of pyridine rings is 1. The summed E-state index contributed by atoms with van der Waals surface area (Å²) in [6, 6.07) is 21.1. The molecule has 1 aliphatic rings. The number of rotatable bonds is 6. The Balaban J connectivity index is 1.57. The lowest BCUT2D eigenvalue weighted by Crippen LogP contribution is -2.33. The molecule has 0 unspecified atom stereocenters. The molecule has 1 fully saturated rings. The van der Waals surface area contributed by atoms with Crippen LogP contribution in [0.2, 0.25) is 0 Å². The average Bonchev–Trinajstić information content (AvgIpc) is 2.80. The minimum Gasteiger partial charge on any atom is -0.292 e.